The van der Waals surface area contributed by atoms with Gasteiger partial charge in [-0.1, -0.05) is 13.3 Å². The normalized spacial score (nSPS) is 11.4. The van der Waals surface area contributed by atoms with Gasteiger partial charge in [-0.05, 0) is 37.6 Å². The molecule has 1 amide bonds. The summed E-state index contributed by atoms with van der Waals surface area (Å²) in [7, 11) is 0. The number of benzene rings is 1. The van der Waals surface area contributed by atoms with Crippen LogP contribution in [0, 0.1) is 6.92 Å². The van der Waals surface area contributed by atoms with Gasteiger partial charge in [-0.3, -0.25) is 9.89 Å². The van der Waals surface area contributed by atoms with Gasteiger partial charge < -0.3 is 15.8 Å². The molecule has 0 spiro atoms. The van der Waals surface area contributed by atoms with Crippen molar-refractivity contribution in [3.8, 4) is 11.6 Å². The highest BCUT2D eigenvalue weighted by molar-refractivity contribution is 5.94. The van der Waals surface area contributed by atoms with Crippen molar-refractivity contribution < 1.29 is 9.53 Å². The molecule has 0 bridgehead atoms. The van der Waals surface area contributed by atoms with Crippen LogP contribution in [0.4, 0.5) is 5.69 Å². The molecule has 1 atom stereocenters. The maximum Gasteiger partial charge on any atom is 0.241 e. The fourth-order valence-electron chi connectivity index (χ4n) is 1.85. The number of aromatic amines is 1. The summed E-state index contributed by atoms with van der Waals surface area (Å²) >= 11 is 0. The summed E-state index contributed by atoms with van der Waals surface area (Å²) in [6, 6.07) is 8.41. The lowest BCUT2D eigenvalue weighted by molar-refractivity contribution is -0.117. The Morgan fingerprint density at radius 3 is 2.64 bits per heavy atom. The number of nitrogens with two attached hydrogens (primary N) is 1. The highest BCUT2D eigenvalue weighted by Crippen LogP contribution is 2.21. The molecule has 22 heavy (non-hydrogen) atoms. The Kier molecular flexibility index (Phi) is 6.88. The van der Waals surface area contributed by atoms with Crippen molar-refractivity contribution in [3.05, 3.63) is 36.0 Å². The monoisotopic (exact) mass is 324 g/mol. The number of ether oxygens (including phenoxy) is 1. The van der Waals surface area contributed by atoms with E-state index in [2.05, 4.69) is 15.5 Å². The second-order valence-corrected chi connectivity index (χ2v) is 4.90. The van der Waals surface area contributed by atoms with Crippen molar-refractivity contribution in [2.45, 2.75) is 32.7 Å². The van der Waals surface area contributed by atoms with Gasteiger partial charge in [0.25, 0.3) is 0 Å². The summed E-state index contributed by atoms with van der Waals surface area (Å²) in [6.45, 7) is 3.90. The number of nitrogens with zero attached hydrogens (tertiary/aromatic N) is 1. The minimum Gasteiger partial charge on any atom is -0.438 e. The number of aryl methyl sites for hydroxylation is 1. The topological polar surface area (TPSA) is 93.0 Å². The lowest BCUT2D eigenvalue weighted by Gasteiger charge is -2.11. The van der Waals surface area contributed by atoms with E-state index < -0.39 is 6.04 Å². The lowest BCUT2D eigenvalue weighted by atomic mass is 10.1. The zero-order valence-electron chi connectivity index (χ0n) is 12.6. The maximum atomic E-state index is 11.8. The largest absolute Gasteiger partial charge is 0.438 e. The highest BCUT2D eigenvalue weighted by atomic mass is 35.5. The predicted octanol–water partition coefficient (Wildman–Crippen LogP) is 3.00. The molecule has 1 unspecified atom stereocenters. The molecule has 120 valence electrons. The zero-order chi connectivity index (χ0) is 15.2. The number of H-pyrrole nitrogens is 1. The van der Waals surface area contributed by atoms with Crippen molar-refractivity contribution in [3.63, 3.8) is 0 Å². The number of hydrogen-bond donors (Lipinski definition) is 3. The molecule has 4 N–H and O–H groups in total. The first-order valence-corrected chi connectivity index (χ1v) is 6.95. The molecule has 7 heteroatoms. The van der Waals surface area contributed by atoms with Gasteiger partial charge in [0.2, 0.25) is 11.8 Å². The van der Waals surface area contributed by atoms with Crippen LogP contribution in [-0.2, 0) is 4.79 Å². The molecular weight excluding hydrogens is 304 g/mol. The van der Waals surface area contributed by atoms with E-state index in [4.69, 9.17) is 10.5 Å². The molecule has 0 aliphatic carbocycles. The lowest BCUT2D eigenvalue weighted by Crippen LogP contribution is -2.35. The molecule has 0 fully saturated rings. The standard InChI is InChI=1S/C15H20N4O2.ClH/c1-3-4-13(16)15(20)17-11-5-7-12(8-6-11)21-14-9-10(2)18-19-14;/h5-9,13H,3-4,16H2,1-2H3,(H,17,20)(H,18,19);1H. The van der Waals surface area contributed by atoms with E-state index in [0.717, 1.165) is 12.1 Å². The molecule has 2 aromatic rings. The molecule has 0 radical (unpaired) electrons. The number of rotatable bonds is 6. The van der Waals surface area contributed by atoms with Crippen LogP contribution < -0.4 is 15.8 Å². The first kappa shape index (κ1) is 18.0. The van der Waals surface area contributed by atoms with E-state index in [9.17, 15) is 4.79 Å². The van der Waals surface area contributed by atoms with E-state index >= 15 is 0 Å². The molecule has 1 heterocycles. The van der Waals surface area contributed by atoms with Crippen LogP contribution in [0.2, 0.25) is 0 Å². The van der Waals surface area contributed by atoms with Gasteiger partial charge >= 0.3 is 0 Å². The summed E-state index contributed by atoms with van der Waals surface area (Å²) in [4.78, 5) is 11.8. The van der Waals surface area contributed by atoms with E-state index in [-0.39, 0.29) is 18.3 Å². The molecule has 2 rings (SSSR count). The number of aromatic nitrogens is 2. The van der Waals surface area contributed by atoms with E-state index in [1.165, 1.54) is 0 Å². The Hall–Kier alpha value is -2.05. The Morgan fingerprint density at radius 1 is 1.41 bits per heavy atom. The number of carbonyl (C=O) groups is 1. The Morgan fingerprint density at radius 2 is 2.09 bits per heavy atom. The fraction of sp³-hybridized carbons (Fsp3) is 0.333. The number of anilines is 1. The van der Waals surface area contributed by atoms with E-state index in [1.807, 2.05) is 13.8 Å². The molecule has 1 aromatic carbocycles. The van der Waals surface area contributed by atoms with E-state index in [1.54, 1.807) is 30.3 Å². The molecule has 6 nitrogen and oxygen atoms in total. The second kappa shape index (κ2) is 8.41. The minimum absolute atomic E-state index is 0. The highest BCUT2D eigenvalue weighted by Gasteiger charge is 2.12. The third kappa shape index (κ3) is 5.05. The van der Waals surface area contributed by atoms with Crippen LogP contribution in [0.5, 0.6) is 11.6 Å². The fourth-order valence-corrected chi connectivity index (χ4v) is 1.85. The van der Waals surface area contributed by atoms with Crippen molar-refractivity contribution >= 4 is 24.0 Å². The van der Waals surface area contributed by atoms with Crippen LogP contribution >= 0.6 is 12.4 Å². The quantitative estimate of drug-likeness (QED) is 0.761. The predicted molar refractivity (Wildman–Crippen MR) is 88.6 cm³/mol. The number of amides is 1. The van der Waals surface area contributed by atoms with Crippen LogP contribution in [0.15, 0.2) is 30.3 Å². The zero-order valence-corrected chi connectivity index (χ0v) is 13.4. The number of nitrogens with one attached hydrogen (secondary N) is 2. The summed E-state index contributed by atoms with van der Waals surface area (Å²) in [5.41, 5.74) is 7.38. The molecule has 0 aliphatic heterocycles. The smallest absolute Gasteiger partial charge is 0.241 e. The Bertz CT molecular complexity index is 598. The van der Waals surface area contributed by atoms with Gasteiger partial charge in [-0.2, -0.15) is 0 Å². The molecule has 0 aliphatic rings. The summed E-state index contributed by atoms with van der Waals surface area (Å²) in [6.07, 6.45) is 1.55. The van der Waals surface area contributed by atoms with Gasteiger partial charge in [0.05, 0.1) is 6.04 Å². The Labute approximate surface area is 135 Å². The van der Waals surface area contributed by atoms with Gasteiger partial charge in [0, 0.05) is 17.4 Å². The summed E-state index contributed by atoms with van der Waals surface area (Å²) in [5.74, 6) is 0.986. The summed E-state index contributed by atoms with van der Waals surface area (Å²) < 4.78 is 5.57. The SMILES string of the molecule is CCCC(N)C(=O)Nc1ccc(Oc2cc(C)[nH]n2)cc1.Cl. The van der Waals surface area contributed by atoms with Gasteiger partial charge in [-0.15, -0.1) is 17.5 Å². The third-order valence-electron chi connectivity index (χ3n) is 2.96. The van der Waals surface area contributed by atoms with Crippen molar-refractivity contribution in [2.24, 2.45) is 5.73 Å². The van der Waals surface area contributed by atoms with Crippen molar-refractivity contribution in [2.75, 3.05) is 5.32 Å². The average Bonchev–Trinajstić information content (AvgIpc) is 2.86. The van der Waals surface area contributed by atoms with Crippen molar-refractivity contribution in [1.29, 1.82) is 0 Å². The third-order valence-corrected chi connectivity index (χ3v) is 2.96. The maximum absolute atomic E-state index is 11.8. The second-order valence-electron chi connectivity index (χ2n) is 4.90. The van der Waals surface area contributed by atoms with Gasteiger partial charge in [0.15, 0.2) is 0 Å². The van der Waals surface area contributed by atoms with Crippen LogP contribution in [-0.4, -0.2) is 22.1 Å². The van der Waals surface area contributed by atoms with Crippen molar-refractivity contribution in [1.82, 2.24) is 10.2 Å². The summed E-state index contributed by atoms with van der Waals surface area (Å²) in [5, 5.41) is 9.58. The first-order valence-electron chi connectivity index (χ1n) is 6.95. The van der Waals surface area contributed by atoms with Crippen LogP contribution in [0.1, 0.15) is 25.5 Å². The number of hydrogen-bond acceptors (Lipinski definition) is 4. The number of carbonyl (C=O) groups excluding carboxylic acids is 1. The van der Waals surface area contributed by atoms with Crippen LogP contribution in [0.25, 0.3) is 0 Å². The minimum atomic E-state index is -0.474. The van der Waals surface area contributed by atoms with Crippen LogP contribution in [0.3, 0.4) is 0 Å². The molecule has 1 aromatic heterocycles. The number of halogens is 1. The molecule has 0 saturated carbocycles. The average molecular weight is 325 g/mol. The molecular formula is C15H21ClN4O2. The molecule has 0 saturated heterocycles. The van der Waals surface area contributed by atoms with Gasteiger partial charge in [-0.25, -0.2) is 0 Å². The van der Waals surface area contributed by atoms with Gasteiger partial charge in [0.1, 0.15) is 5.75 Å². The first-order chi connectivity index (χ1) is 10.1. The Balaban J connectivity index is 0.00000242. The van der Waals surface area contributed by atoms with E-state index in [0.29, 0.717) is 23.7 Å².